The molecular weight excluding hydrogens is 204 g/mol. The topological polar surface area (TPSA) is 74.6 Å². The molecule has 4 nitrogen and oxygen atoms in total. The van der Waals surface area contributed by atoms with Crippen molar-refractivity contribution in [3.63, 3.8) is 0 Å². The Labute approximate surface area is 86.0 Å². The largest absolute Gasteiger partial charge is 0.478 e. The molecule has 0 amide bonds. The van der Waals surface area contributed by atoms with Gasteiger partial charge in [-0.3, -0.25) is 0 Å². The van der Waals surface area contributed by atoms with Gasteiger partial charge in [-0.2, -0.15) is 0 Å². The molecule has 0 fully saturated rings. The van der Waals surface area contributed by atoms with E-state index in [1.165, 1.54) is 6.92 Å². The summed E-state index contributed by atoms with van der Waals surface area (Å²) in [6.07, 6.45) is 0.833. The van der Waals surface area contributed by atoms with E-state index in [1.54, 1.807) is 0 Å². The number of aliphatic carboxylic acids is 2. The minimum atomic E-state index is -0.981. The molecule has 0 rings (SSSR count). The molecule has 0 spiro atoms. The van der Waals surface area contributed by atoms with Gasteiger partial charge in [0.1, 0.15) is 0 Å². The van der Waals surface area contributed by atoms with Crippen LogP contribution in [0.1, 0.15) is 6.92 Å². The molecule has 0 radical (unpaired) electrons. The quantitative estimate of drug-likeness (QED) is 0.419. The van der Waals surface area contributed by atoms with E-state index in [4.69, 9.17) is 10.2 Å². The van der Waals surface area contributed by atoms with Crippen molar-refractivity contribution in [2.75, 3.05) is 0 Å². The molecule has 0 aromatic rings. The molecule has 0 aromatic heterocycles. The van der Waals surface area contributed by atoms with E-state index < -0.39 is 11.9 Å². The summed E-state index contributed by atoms with van der Waals surface area (Å²) in [6.45, 7) is 7.56. The maximum absolute atomic E-state index is 9.60. The smallest absolute Gasteiger partial charge is 0.330 e. The Morgan fingerprint density at radius 1 is 1.23 bits per heavy atom. The summed E-state index contributed by atoms with van der Waals surface area (Å²) in [5.74, 6) is -1.92. The number of carboxylic acids is 2. The fourth-order valence-electron chi connectivity index (χ4n) is 0. The molecule has 0 aliphatic carbocycles. The van der Waals surface area contributed by atoms with Gasteiger partial charge in [0.25, 0.3) is 0 Å². The van der Waals surface area contributed by atoms with Crippen molar-refractivity contribution >= 4 is 33.9 Å². The van der Waals surface area contributed by atoms with Gasteiger partial charge in [0, 0.05) is 11.6 Å². The summed E-state index contributed by atoms with van der Waals surface area (Å²) >= 11 is 0. The predicted molar refractivity (Wildman–Crippen MR) is 63.0 cm³/mol. The lowest BCUT2D eigenvalue weighted by atomic mass is 10.4. The monoisotopic (exact) mass is 222 g/mol. The summed E-state index contributed by atoms with van der Waals surface area (Å²) in [4.78, 5) is 18.8. The maximum atomic E-state index is 9.60. The van der Waals surface area contributed by atoms with Crippen LogP contribution in [0.4, 0.5) is 0 Å². The number of hydrogen-bond donors (Lipinski definition) is 2. The highest BCUT2D eigenvalue weighted by Crippen LogP contribution is 1.81. The van der Waals surface area contributed by atoms with Gasteiger partial charge in [0.05, 0.1) is 0 Å². The second-order valence-electron chi connectivity index (χ2n) is 1.63. The molecule has 0 saturated carbocycles. The normalized spacial score (nSPS) is 5.92. The molecule has 2 N–H and O–H groups in total. The van der Waals surface area contributed by atoms with Gasteiger partial charge in [-0.1, -0.05) is 13.2 Å². The van der Waals surface area contributed by atoms with Crippen molar-refractivity contribution in [2.45, 2.75) is 6.92 Å². The van der Waals surface area contributed by atoms with Gasteiger partial charge in [0.2, 0.25) is 0 Å². The lowest BCUT2D eigenvalue weighted by Gasteiger charge is -1.79. The average molecular weight is 222 g/mol. The molecule has 0 aromatic carbocycles. The van der Waals surface area contributed by atoms with E-state index >= 15 is 0 Å². The maximum Gasteiger partial charge on any atom is 0.330 e. The molecule has 13 heavy (non-hydrogen) atoms. The lowest BCUT2D eigenvalue weighted by Crippen LogP contribution is -1.92. The van der Waals surface area contributed by atoms with Gasteiger partial charge in [-0.25, -0.2) is 9.59 Å². The van der Waals surface area contributed by atoms with Crippen LogP contribution in [0.5, 0.6) is 0 Å². The van der Waals surface area contributed by atoms with Crippen molar-refractivity contribution in [1.82, 2.24) is 0 Å². The predicted octanol–water partition coefficient (Wildman–Crippen LogP) is -2.00. The van der Waals surface area contributed by atoms with Crippen molar-refractivity contribution in [1.29, 1.82) is 0 Å². The van der Waals surface area contributed by atoms with Crippen LogP contribution in [-0.2, 0) is 9.59 Å². The number of carboxylic acid groups (broad SMARTS) is 2. The highest BCUT2D eigenvalue weighted by atomic mass is 28.1. The first-order valence-corrected chi connectivity index (χ1v) is 2.66. The third kappa shape index (κ3) is 36.1. The van der Waals surface area contributed by atoms with Crippen LogP contribution in [0.3, 0.4) is 0 Å². The second kappa shape index (κ2) is 13.4. The molecular formula is C7H18O4Si2. The molecule has 0 aliphatic rings. The Morgan fingerprint density at radius 3 is 1.38 bits per heavy atom. The van der Waals surface area contributed by atoms with Gasteiger partial charge in [0.15, 0.2) is 0 Å². The third-order valence-corrected chi connectivity index (χ3v) is 0.540. The van der Waals surface area contributed by atoms with Gasteiger partial charge in [-0.05, 0) is 28.9 Å². The van der Waals surface area contributed by atoms with E-state index in [-0.39, 0.29) is 27.5 Å². The fraction of sp³-hybridized carbons (Fsp3) is 0.143. The van der Waals surface area contributed by atoms with Gasteiger partial charge >= 0.3 is 11.9 Å². The summed E-state index contributed by atoms with van der Waals surface area (Å²) in [6, 6.07) is 0. The van der Waals surface area contributed by atoms with Gasteiger partial charge < -0.3 is 10.2 Å². The van der Waals surface area contributed by atoms with Crippen molar-refractivity contribution in [3.8, 4) is 0 Å². The van der Waals surface area contributed by atoms with Crippen LogP contribution < -0.4 is 0 Å². The van der Waals surface area contributed by atoms with E-state index in [2.05, 4.69) is 13.2 Å². The first-order chi connectivity index (χ1) is 4.91. The third-order valence-electron chi connectivity index (χ3n) is 0.540. The van der Waals surface area contributed by atoms with Crippen LogP contribution in [0.25, 0.3) is 0 Å². The van der Waals surface area contributed by atoms with Crippen molar-refractivity contribution in [2.24, 2.45) is 0 Å². The van der Waals surface area contributed by atoms with Crippen molar-refractivity contribution in [3.05, 3.63) is 24.8 Å². The van der Waals surface area contributed by atoms with E-state index in [0.29, 0.717) is 0 Å². The molecule has 78 valence electrons. The second-order valence-corrected chi connectivity index (χ2v) is 1.63. The Morgan fingerprint density at radius 2 is 1.38 bits per heavy atom. The molecule has 0 bridgehead atoms. The van der Waals surface area contributed by atoms with Gasteiger partial charge in [-0.15, -0.1) is 0 Å². The Balaban J connectivity index is -0.0000000546. The molecule has 0 unspecified atom stereocenters. The van der Waals surface area contributed by atoms with E-state index in [9.17, 15) is 9.59 Å². The number of hydrogen-bond acceptors (Lipinski definition) is 2. The summed E-state index contributed by atoms with van der Waals surface area (Å²) in [5.41, 5.74) is 0.176. The average Bonchev–Trinajstić information content (AvgIpc) is 1.89. The first kappa shape index (κ1) is 22.6. The molecule has 0 aliphatic heterocycles. The Hall–Kier alpha value is -1.15. The number of rotatable bonds is 2. The highest BCUT2D eigenvalue weighted by molar-refractivity contribution is 5.84. The van der Waals surface area contributed by atoms with E-state index in [1.807, 2.05) is 0 Å². The molecule has 0 saturated heterocycles. The summed E-state index contributed by atoms with van der Waals surface area (Å²) < 4.78 is 0. The van der Waals surface area contributed by atoms with Crippen LogP contribution in [0.15, 0.2) is 24.8 Å². The standard InChI is InChI=1S/C4H6O2.C3H4O2.2H4Si/c1-3(2)4(5)6;1-2-3(4)5;;/h1H2,2H3,(H,5,6);2H,1H2,(H,4,5);2*1H4. The van der Waals surface area contributed by atoms with Crippen LogP contribution in [-0.4, -0.2) is 44.1 Å². The fourth-order valence-corrected chi connectivity index (χ4v) is 0. The number of carbonyl (C=O) groups is 2. The zero-order valence-electron chi connectivity index (χ0n) is 6.20. The SMILES string of the molecule is C=C(C)C(=O)O.C=CC(=O)O.[SiH4].[SiH4]. The zero-order valence-corrected chi connectivity index (χ0v) is 6.20. The Kier molecular flexibility index (Phi) is 23.4. The first-order valence-electron chi connectivity index (χ1n) is 2.66. The lowest BCUT2D eigenvalue weighted by molar-refractivity contribution is -0.133. The van der Waals surface area contributed by atoms with Crippen molar-refractivity contribution < 1.29 is 19.8 Å². The van der Waals surface area contributed by atoms with Crippen LogP contribution in [0.2, 0.25) is 0 Å². The summed E-state index contributed by atoms with van der Waals surface area (Å²) in [5, 5.41) is 15.5. The van der Waals surface area contributed by atoms with E-state index in [0.717, 1.165) is 6.08 Å². The molecule has 0 heterocycles. The molecule has 0 atom stereocenters. The Bertz CT molecular complexity index is 177. The van der Waals surface area contributed by atoms with Crippen LogP contribution in [0, 0.1) is 0 Å². The molecule has 6 heteroatoms. The van der Waals surface area contributed by atoms with Crippen LogP contribution >= 0.6 is 0 Å². The minimum Gasteiger partial charge on any atom is -0.478 e. The zero-order chi connectivity index (χ0) is 9.44. The highest BCUT2D eigenvalue weighted by Gasteiger charge is 1.90. The summed E-state index contributed by atoms with van der Waals surface area (Å²) in [7, 11) is 0. The minimum absolute atomic E-state index is 0.